The first-order valence-electron chi connectivity index (χ1n) is 6.41. The molecule has 1 N–H and O–H groups in total. The van der Waals surface area contributed by atoms with E-state index in [-0.39, 0.29) is 12.4 Å². The van der Waals surface area contributed by atoms with Crippen molar-refractivity contribution >= 4 is 39.5 Å². The molecular weight excluding hydrogens is 386 g/mol. The SMILES string of the molecule is Fc1cccnc1CNc1nccc2oc(CCI)nc12. The minimum atomic E-state index is -0.345. The summed E-state index contributed by atoms with van der Waals surface area (Å²) in [6.07, 6.45) is 3.96. The van der Waals surface area contributed by atoms with Gasteiger partial charge in [-0.1, -0.05) is 22.6 Å². The van der Waals surface area contributed by atoms with Crippen molar-refractivity contribution in [3.05, 3.63) is 48.0 Å². The fraction of sp³-hybridized carbons (Fsp3) is 0.214. The Morgan fingerprint density at radius 3 is 2.95 bits per heavy atom. The monoisotopic (exact) mass is 398 g/mol. The van der Waals surface area contributed by atoms with E-state index in [1.54, 1.807) is 24.5 Å². The molecule has 0 atom stereocenters. The number of oxazole rings is 1. The molecule has 0 saturated carbocycles. The lowest BCUT2D eigenvalue weighted by molar-refractivity contribution is 0.540. The van der Waals surface area contributed by atoms with Crippen LogP contribution in [0.1, 0.15) is 11.6 Å². The van der Waals surface area contributed by atoms with Gasteiger partial charge in [-0.25, -0.2) is 14.4 Å². The number of hydrogen-bond donors (Lipinski definition) is 1. The quantitative estimate of drug-likeness (QED) is 0.528. The van der Waals surface area contributed by atoms with Crippen molar-refractivity contribution in [2.75, 3.05) is 9.74 Å². The van der Waals surface area contributed by atoms with Crippen molar-refractivity contribution in [3.8, 4) is 0 Å². The van der Waals surface area contributed by atoms with E-state index in [0.717, 1.165) is 10.8 Å². The number of aromatic nitrogens is 3. The van der Waals surface area contributed by atoms with Crippen molar-refractivity contribution in [2.45, 2.75) is 13.0 Å². The van der Waals surface area contributed by atoms with E-state index >= 15 is 0 Å². The Hall–Kier alpha value is -1.77. The van der Waals surface area contributed by atoms with Gasteiger partial charge >= 0.3 is 0 Å². The molecule has 108 valence electrons. The van der Waals surface area contributed by atoms with Crippen LogP contribution < -0.4 is 5.32 Å². The number of hydrogen-bond acceptors (Lipinski definition) is 5. The van der Waals surface area contributed by atoms with Crippen LogP contribution in [-0.2, 0) is 13.0 Å². The molecule has 0 aliphatic heterocycles. The van der Waals surface area contributed by atoms with Crippen LogP contribution >= 0.6 is 22.6 Å². The van der Waals surface area contributed by atoms with Crippen molar-refractivity contribution in [2.24, 2.45) is 0 Å². The summed E-state index contributed by atoms with van der Waals surface area (Å²) >= 11 is 2.27. The van der Waals surface area contributed by atoms with Crippen LogP contribution in [0.2, 0.25) is 0 Å². The van der Waals surface area contributed by atoms with Gasteiger partial charge in [0.2, 0.25) is 0 Å². The summed E-state index contributed by atoms with van der Waals surface area (Å²) in [5.74, 6) is 0.906. The van der Waals surface area contributed by atoms with Gasteiger partial charge in [0, 0.05) is 29.3 Å². The van der Waals surface area contributed by atoms with E-state index < -0.39 is 0 Å². The Balaban J connectivity index is 1.85. The number of fused-ring (bicyclic) bond motifs is 1. The molecule has 0 bridgehead atoms. The van der Waals surface area contributed by atoms with Crippen LogP contribution in [0.4, 0.5) is 10.2 Å². The van der Waals surface area contributed by atoms with E-state index in [4.69, 9.17) is 4.42 Å². The van der Waals surface area contributed by atoms with Crippen molar-refractivity contribution in [1.29, 1.82) is 0 Å². The second kappa shape index (κ2) is 6.33. The first-order valence-corrected chi connectivity index (χ1v) is 7.94. The third-order valence-corrected chi connectivity index (χ3v) is 3.46. The van der Waals surface area contributed by atoms with Crippen LogP contribution in [0.25, 0.3) is 11.1 Å². The first-order chi connectivity index (χ1) is 10.3. The molecule has 7 heteroatoms. The van der Waals surface area contributed by atoms with E-state index in [1.807, 2.05) is 0 Å². The van der Waals surface area contributed by atoms with E-state index in [2.05, 4.69) is 42.9 Å². The Labute approximate surface area is 134 Å². The number of anilines is 1. The Morgan fingerprint density at radius 1 is 1.24 bits per heavy atom. The summed E-state index contributed by atoms with van der Waals surface area (Å²) in [6, 6.07) is 4.71. The van der Waals surface area contributed by atoms with Gasteiger partial charge < -0.3 is 9.73 Å². The van der Waals surface area contributed by atoms with Crippen LogP contribution in [0.5, 0.6) is 0 Å². The van der Waals surface area contributed by atoms with Crippen molar-refractivity contribution in [1.82, 2.24) is 15.0 Å². The zero-order valence-electron chi connectivity index (χ0n) is 11.0. The lowest BCUT2D eigenvalue weighted by Gasteiger charge is -2.05. The fourth-order valence-corrected chi connectivity index (χ4v) is 2.40. The van der Waals surface area contributed by atoms with Crippen molar-refractivity contribution < 1.29 is 8.81 Å². The number of rotatable bonds is 5. The number of pyridine rings is 2. The number of nitrogens with one attached hydrogen (secondary N) is 1. The summed E-state index contributed by atoms with van der Waals surface area (Å²) in [5.41, 5.74) is 1.68. The maximum Gasteiger partial charge on any atom is 0.196 e. The van der Waals surface area contributed by atoms with Gasteiger partial charge in [0.25, 0.3) is 0 Å². The topological polar surface area (TPSA) is 63.8 Å². The molecule has 3 rings (SSSR count). The highest BCUT2D eigenvalue weighted by atomic mass is 127. The van der Waals surface area contributed by atoms with Crippen molar-refractivity contribution in [3.63, 3.8) is 0 Å². The summed E-state index contributed by atoms with van der Waals surface area (Å²) in [7, 11) is 0. The highest BCUT2D eigenvalue weighted by Gasteiger charge is 2.11. The fourth-order valence-electron chi connectivity index (χ4n) is 1.93. The largest absolute Gasteiger partial charge is 0.440 e. The molecule has 0 saturated heterocycles. The maximum atomic E-state index is 13.6. The van der Waals surface area contributed by atoms with E-state index in [9.17, 15) is 4.39 Å². The predicted octanol–water partition coefficient (Wildman–Crippen LogP) is 3.35. The van der Waals surface area contributed by atoms with Crippen LogP contribution in [0.15, 0.2) is 35.0 Å². The summed E-state index contributed by atoms with van der Waals surface area (Å²) < 4.78 is 20.1. The molecule has 3 aromatic rings. The summed E-state index contributed by atoms with van der Waals surface area (Å²) in [4.78, 5) is 12.7. The van der Waals surface area contributed by atoms with Gasteiger partial charge in [-0.3, -0.25) is 4.98 Å². The molecule has 0 fully saturated rings. The minimum Gasteiger partial charge on any atom is -0.440 e. The normalized spacial score (nSPS) is 11.0. The van der Waals surface area contributed by atoms with E-state index in [1.165, 1.54) is 6.07 Å². The predicted molar refractivity (Wildman–Crippen MR) is 85.9 cm³/mol. The first kappa shape index (κ1) is 14.2. The Morgan fingerprint density at radius 2 is 2.14 bits per heavy atom. The van der Waals surface area contributed by atoms with Crippen LogP contribution in [0, 0.1) is 5.82 Å². The molecule has 5 nitrogen and oxygen atoms in total. The summed E-state index contributed by atoms with van der Waals surface area (Å²) in [6.45, 7) is 0.243. The van der Waals surface area contributed by atoms with Crippen LogP contribution in [0.3, 0.4) is 0 Å². The maximum absolute atomic E-state index is 13.6. The number of halogens is 2. The number of nitrogens with zero attached hydrogens (tertiary/aromatic N) is 3. The number of aryl methyl sites for hydroxylation is 1. The highest BCUT2D eigenvalue weighted by Crippen LogP contribution is 2.22. The Kier molecular flexibility index (Phi) is 4.28. The van der Waals surface area contributed by atoms with E-state index in [0.29, 0.717) is 28.5 Å². The lowest BCUT2D eigenvalue weighted by Crippen LogP contribution is -2.05. The minimum absolute atomic E-state index is 0.243. The smallest absolute Gasteiger partial charge is 0.196 e. The number of alkyl halides is 1. The standard InChI is InChI=1S/C14H12FIN4O/c15-9-2-1-6-17-10(9)8-19-14-13-11(4-7-18-14)21-12(20-13)3-5-16/h1-2,4,6-7H,3,5,8H2,(H,18,19). The summed E-state index contributed by atoms with van der Waals surface area (Å²) in [5, 5.41) is 3.06. The average molecular weight is 398 g/mol. The molecule has 0 aliphatic carbocycles. The Bertz CT molecular complexity index is 762. The molecule has 3 aromatic heterocycles. The third kappa shape index (κ3) is 3.12. The van der Waals surface area contributed by atoms with Gasteiger partial charge in [-0.2, -0.15) is 0 Å². The second-order valence-electron chi connectivity index (χ2n) is 4.34. The third-order valence-electron chi connectivity index (χ3n) is 2.92. The average Bonchev–Trinajstić information content (AvgIpc) is 2.90. The zero-order valence-corrected chi connectivity index (χ0v) is 13.2. The molecule has 0 spiro atoms. The van der Waals surface area contributed by atoms with Gasteiger partial charge in [0.05, 0.1) is 12.2 Å². The van der Waals surface area contributed by atoms with Gasteiger partial charge in [0.1, 0.15) is 5.82 Å². The molecule has 0 aliphatic rings. The molecule has 21 heavy (non-hydrogen) atoms. The molecule has 0 unspecified atom stereocenters. The molecule has 0 radical (unpaired) electrons. The molecule has 3 heterocycles. The molecule has 0 amide bonds. The molecular formula is C14H12FIN4O. The zero-order chi connectivity index (χ0) is 14.7. The lowest BCUT2D eigenvalue weighted by atomic mass is 10.3. The molecule has 0 aromatic carbocycles. The second-order valence-corrected chi connectivity index (χ2v) is 5.42. The van der Waals surface area contributed by atoms with Gasteiger partial charge in [-0.15, -0.1) is 0 Å². The van der Waals surface area contributed by atoms with Gasteiger partial charge in [-0.05, 0) is 12.1 Å². The van der Waals surface area contributed by atoms with Crippen LogP contribution in [-0.4, -0.2) is 19.4 Å². The van der Waals surface area contributed by atoms with Gasteiger partial charge in [0.15, 0.2) is 22.8 Å². The highest BCUT2D eigenvalue weighted by molar-refractivity contribution is 14.1.